The quantitative estimate of drug-likeness (QED) is 0.423. The first kappa shape index (κ1) is 13.9. The Balaban J connectivity index is 4.91. The maximum absolute atomic E-state index is 12.8. The van der Waals surface area contributed by atoms with Crippen molar-refractivity contribution in [2.24, 2.45) is 0 Å². The minimum absolute atomic E-state index is 0.393. The standard InChI is InChI=1S/C8H9F5O2/c1-3-5(14)15-6(8(11,12)13)7(9,10)4-2/h3,6H,1,4H2,2H3. The van der Waals surface area contributed by atoms with Crippen LogP contribution in [0.5, 0.6) is 0 Å². The lowest BCUT2D eigenvalue weighted by molar-refractivity contribution is -0.276. The molecule has 0 spiro atoms. The van der Waals surface area contributed by atoms with E-state index in [9.17, 15) is 26.7 Å². The second kappa shape index (κ2) is 4.59. The number of ether oxygens (including phenoxy) is 1. The van der Waals surface area contributed by atoms with Crippen LogP contribution in [0.15, 0.2) is 12.7 Å². The van der Waals surface area contributed by atoms with Gasteiger partial charge < -0.3 is 4.74 Å². The zero-order valence-corrected chi connectivity index (χ0v) is 7.78. The van der Waals surface area contributed by atoms with Gasteiger partial charge in [-0.1, -0.05) is 13.5 Å². The first-order valence-corrected chi connectivity index (χ1v) is 3.92. The van der Waals surface area contributed by atoms with Crippen LogP contribution in [-0.2, 0) is 9.53 Å². The molecule has 0 saturated heterocycles. The van der Waals surface area contributed by atoms with Crippen molar-refractivity contribution in [2.45, 2.75) is 31.5 Å². The molecule has 0 heterocycles. The Morgan fingerprint density at radius 2 is 1.87 bits per heavy atom. The Hall–Kier alpha value is -1.14. The van der Waals surface area contributed by atoms with E-state index in [1.54, 1.807) is 0 Å². The van der Waals surface area contributed by atoms with E-state index in [0.29, 0.717) is 6.08 Å². The van der Waals surface area contributed by atoms with E-state index in [1.165, 1.54) is 0 Å². The summed E-state index contributed by atoms with van der Waals surface area (Å²) in [4.78, 5) is 10.5. The number of carbonyl (C=O) groups excluding carboxylic acids is 1. The molecule has 7 heteroatoms. The van der Waals surface area contributed by atoms with Gasteiger partial charge in [0, 0.05) is 12.5 Å². The van der Waals surface area contributed by atoms with Gasteiger partial charge in [-0.2, -0.15) is 13.2 Å². The smallest absolute Gasteiger partial charge is 0.431 e. The minimum atomic E-state index is -5.31. The van der Waals surface area contributed by atoms with E-state index >= 15 is 0 Å². The SMILES string of the molecule is C=CC(=O)OC(C(F)(F)F)C(F)(F)CC. The van der Waals surface area contributed by atoms with Crippen molar-refractivity contribution in [3.05, 3.63) is 12.7 Å². The molecule has 0 aliphatic heterocycles. The highest BCUT2D eigenvalue weighted by Crippen LogP contribution is 2.36. The predicted octanol–water partition coefficient (Wildman–Crippen LogP) is 2.69. The fourth-order valence-electron chi connectivity index (χ4n) is 0.742. The van der Waals surface area contributed by atoms with E-state index < -0.39 is 30.6 Å². The van der Waals surface area contributed by atoms with Gasteiger partial charge in [0.1, 0.15) is 0 Å². The lowest BCUT2D eigenvalue weighted by Crippen LogP contribution is -2.47. The molecule has 0 aliphatic rings. The lowest BCUT2D eigenvalue weighted by Gasteiger charge is -2.26. The lowest BCUT2D eigenvalue weighted by atomic mass is 10.1. The largest absolute Gasteiger partial charge is 0.443 e. The molecule has 0 radical (unpaired) electrons. The summed E-state index contributed by atoms with van der Waals surface area (Å²) in [5, 5.41) is 0. The van der Waals surface area contributed by atoms with Gasteiger partial charge in [0.2, 0.25) is 0 Å². The average molecular weight is 232 g/mol. The second-order valence-corrected chi connectivity index (χ2v) is 2.68. The highest BCUT2D eigenvalue weighted by molar-refractivity contribution is 5.81. The molecule has 1 atom stereocenters. The third-order valence-corrected chi connectivity index (χ3v) is 1.55. The van der Waals surface area contributed by atoms with E-state index in [-0.39, 0.29) is 0 Å². The van der Waals surface area contributed by atoms with Gasteiger partial charge in [0.15, 0.2) is 0 Å². The van der Waals surface area contributed by atoms with Crippen molar-refractivity contribution in [1.29, 1.82) is 0 Å². The van der Waals surface area contributed by atoms with Crippen molar-refractivity contribution < 1.29 is 31.5 Å². The third-order valence-electron chi connectivity index (χ3n) is 1.55. The van der Waals surface area contributed by atoms with E-state index in [1.807, 2.05) is 0 Å². The van der Waals surface area contributed by atoms with Gasteiger partial charge >= 0.3 is 12.1 Å². The molecule has 0 amide bonds. The van der Waals surface area contributed by atoms with Crippen LogP contribution in [0.4, 0.5) is 22.0 Å². The molecule has 1 unspecified atom stereocenters. The van der Waals surface area contributed by atoms with Crippen molar-refractivity contribution in [2.75, 3.05) is 0 Å². The Labute approximate surface area is 82.7 Å². The number of alkyl halides is 5. The minimum Gasteiger partial charge on any atom is -0.443 e. The third kappa shape index (κ3) is 3.85. The summed E-state index contributed by atoms with van der Waals surface area (Å²) >= 11 is 0. The summed E-state index contributed by atoms with van der Waals surface area (Å²) in [7, 11) is 0. The Morgan fingerprint density at radius 3 is 2.13 bits per heavy atom. The summed E-state index contributed by atoms with van der Waals surface area (Å²) in [5.74, 6) is -5.68. The van der Waals surface area contributed by atoms with Crippen LogP contribution >= 0.6 is 0 Å². The fraction of sp³-hybridized carbons (Fsp3) is 0.625. The van der Waals surface area contributed by atoms with Crippen LogP contribution in [0.1, 0.15) is 13.3 Å². The molecule has 0 N–H and O–H groups in total. The first-order valence-electron chi connectivity index (χ1n) is 3.92. The Morgan fingerprint density at radius 1 is 1.40 bits per heavy atom. The van der Waals surface area contributed by atoms with E-state index in [0.717, 1.165) is 6.92 Å². The molecule has 0 bridgehead atoms. The fourth-order valence-corrected chi connectivity index (χ4v) is 0.742. The average Bonchev–Trinajstić information content (AvgIpc) is 2.11. The highest BCUT2D eigenvalue weighted by Gasteiger charge is 2.57. The van der Waals surface area contributed by atoms with E-state index in [4.69, 9.17) is 0 Å². The van der Waals surface area contributed by atoms with Gasteiger partial charge in [-0.05, 0) is 0 Å². The number of rotatable bonds is 4. The monoisotopic (exact) mass is 232 g/mol. The number of hydrogen-bond donors (Lipinski definition) is 0. The Kier molecular flexibility index (Phi) is 4.24. The van der Waals surface area contributed by atoms with Crippen LogP contribution in [-0.4, -0.2) is 24.2 Å². The zero-order chi connectivity index (χ0) is 12.3. The summed E-state index contributed by atoms with van der Waals surface area (Å²) in [6.45, 7) is 3.68. The highest BCUT2D eigenvalue weighted by atomic mass is 19.4. The van der Waals surface area contributed by atoms with Crippen LogP contribution in [0.3, 0.4) is 0 Å². The van der Waals surface area contributed by atoms with Gasteiger partial charge in [-0.15, -0.1) is 0 Å². The van der Waals surface area contributed by atoms with Crippen molar-refractivity contribution >= 4 is 5.97 Å². The van der Waals surface area contributed by atoms with Crippen LogP contribution < -0.4 is 0 Å². The van der Waals surface area contributed by atoms with Crippen LogP contribution in [0.25, 0.3) is 0 Å². The molecule has 0 aromatic carbocycles. The van der Waals surface area contributed by atoms with Crippen molar-refractivity contribution in [1.82, 2.24) is 0 Å². The van der Waals surface area contributed by atoms with Gasteiger partial charge in [-0.3, -0.25) is 0 Å². The number of hydrogen-bond acceptors (Lipinski definition) is 2. The first-order chi connectivity index (χ1) is 6.65. The number of carbonyl (C=O) groups is 1. The number of halogens is 5. The van der Waals surface area contributed by atoms with Gasteiger partial charge in [-0.25, -0.2) is 13.6 Å². The van der Waals surface area contributed by atoms with Gasteiger partial charge in [0.05, 0.1) is 0 Å². The molecular formula is C8H9F5O2. The molecular weight excluding hydrogens is 223 g/mol. The van der Waals surface area contributed by atoms with Gasteiger partial charge in [0.25, 0.3) is 12.0 Å². The molecule has 0 aromatic heterocycles. The molecule has 0 saturated carbocycles. The molecule has 15 heavy (non-hydrogen) atoms. The molecule has 88 valence electrons. The number of esters is 1. The summed E-state index contributed by atoms with van der Waals surface area (Å²) in [5.41, 5.74) is 0. The molecule has 0 aromatic rings. The molecule has 0 fully saturated rings. The van der Waals surface area contributed by atoms with Crippen molar-refractivity contribution in [3.8, 4) is 0 Å². The topological polar surface area (TPSA) is 26.3 Å². The van der Waals surface area contributed by atoms with E-state index in [2.05, 4.69) is 11.3 Å². The molecule has 0 rings (SSSR count). The zero-order valence-electron chi connectivity index (χ0n) is 7.78. The maximum atomic E-state index is 12.8. The summed E-state index contributed by atoms with van der Waals surface area (Å²) in [6, 6.07) is 0. The second-order valence-electron chi connectivity index (χ2n) is 2.68. The molecule has 2 nitrogen and oxygen atoms in total. The Bertz CT molecular complexity index is 246. The summed E-state index contributed by atoms with van der Waals surface area (Å²) in [6.07, 6.45) is -9.43. The molecule has 0 aliphatic carbocycles. The summed E-state index contributed by atoms with van der Waals surface area (Å²) < 4.78 is 65.5. The van der Waals surface area contributed by atoms with Crippen molar-refractivity contribution in [3.63, 3.8) is 0 Å². The predicted molar refractivity (Wildman–Crippen MR) is 41.4 cm³/mol. The normalized spacial score (nSPS) is 14.5. The maximum Gasteiger partial charge on any atom is 0.431 e. The van der Waals surface area contributed by atoms with Crippen LogP contribution in [0.2, 0.25) is 0 Å². The van der Waals surface area contributed by atoms with Crippen LogP contribution in [0, 0.1) is 0 Å².